The molecule has 0 saturated carbocycles. The largest absolute Gasteiger partial charge is 0.369 e. The van der Waals surface area contributed by atoms with E-state index in [-0.39, 0.29) is 12.5 Å². The van der Waals surface area contributed by atoms with E-state index < -0.39 is 0 Å². The van der Waals surface area contributed by atoms with E-state index in [0.717, 1.165) is 17.9 Å². The molecule has 0 aromatic heterocycles. The molecule has 2 N–H and O–H groups in total. The number of hydrogen-bond donors (Lipinski definition) is 2. The van der Waals surface area contributed by atoms with Crippen molar-refractivity contribution in [3.63, 3.8) is 0 Å². The molecule has 1 amide bonds. The number of hydrogen-bond acceptors (Lipinski definition) is 3. The van der Waals surface area contributed by atoms with Crippen LogP contribution in [0.15, 0.2) is 24.3 Å². The molecule has 0 saturated heterocycles. The van der Waals surface area contributed by atoms with Gasteiger partial charge in [0, 0.05) is 24.0 Å². The van der Waals surface area contributed by atoms with Gasteiger partial charge in [-0.05, 0) is 45.0 Å². The van der Waals surface area contributed by atoms with Crippen LogP contribution in [-0.2, 0) is 4.79 Å². The lowest BCUT2D eigenvalue weighted by molar-refractivity contribution is -0.115. The van der Waals surface area contributed by atoms with Gasteiger partial charge >= 0.3 is 0 Å². The summed E-state index contributed by atoms with van der Waals surface area (Å²) in [6, 6.07) is 8.33. The van der Waals surface area contributed by atoms with E-state index in [1.807, 2.05) is 24.3 Å². The Labute approximate surface area is 121 Å². The molecule has 0 unspecified atom stereocenters. The predicted octanol–water partition coefficient (Wildman–Crippen LogP) is 2.08. The Balaban J connectivity index is 2.58. The number of carbonyl (C=O) groups is 1. The highest BCUT2D eigenvalue weighted by Crippen LogP contribution is 2.19. The van der Waals surface area contributed by atoms with Crippen molar-refractivity contribution in [2.24, 2.45) is 0 Å². The molecule has 0 aliphatic rings. The minimum atomic E-state index is -0.0933. The highest BCUT2D eigenvalue weighted by Gasteiger charge is 2.08. The van der Waals surface area contributed by atoms with Crippen LogP contribution in [0.5, 0.6) is 0 Å². The average molecular weight is 273 g/mol. The summed E-state index contributed by atoms with van der Waals surface area (Å²) in [5.74, 6) is 2.33. The molecule has 0 heterocycles. The number of terminal acetylenes is 1. The molecule has 20 heavy (non-hydrogen) atoms. The molecule has 1 aromatic rings. The van der Waals surface area contributed by atoms with Gasteiger partial charge in [-0.25, -0.2) is 0 Å². The van der Waals surface area contributed by atoms with Crippen LogP contribution in [0.3, 0.4) is 0 Å². The third kappa shape index (κ3) is 4.94. The van der Waals surface area contributed by atoms with Crippen LogP contribution < -0.4 is 15.5 Å². The first-order valence-electron chi connectivity index (χ1n) is 6.89. The summed E-state index contributed by atoms with van der Waals surface area (Å²) in [6.07, 6.45) is 5.10. The fourth-order valence-corrected chi connectivity index (χ4v) is 2.04. The first kappa shape index (κ1) is 16.1. The van der Waals surface area contributed by atoms with Gasteiger partial charge in [0.25, 0.3) is 0 Å². The normalized spacial score (nSPS) is 10.2. The van der Waals surface area contributed by atoms with E-state index in [0.29, 0.717) is 12.6 Å². The highest BCUT2D eigenvalue weighted by atomic mass is 16.1. The maximum absolute atomic E-state index is 11.6. The number of amides is 1. The average Bonchev–Trinajstić information content (AvgIpc) is 2.41. The van der Waals surface area contributed by atoms with E-state index in [1.54, 1.807) is 0 Å². The zero-order valence-electron chi connectivity index (χ0n) is 12.4. The van der Waals surface area contributed by atoms with Crippen LogP contribution >= 0.6 is 0 Å². The van der Waals surface area contributed by atoms with E-state index >= 15 is 0 Å². The Hall–Kier alpha value is -1.99. The van der Waals surface area contributed by atoms with Gasteiger partial charge in [0.1, 0.15) is 0 Å². The zero-order valence-corrected chi connectivity index (χ0v) is 12.4. The van der Waals surface area contributed by atoms with Crippen molar-refractivity contribution in [2.45, 2.75) is 26.8 Å². The second-order valence-electron chi connectivity index (χ2n) is 4.78. The van der Waals surface area contributed by atoms with Crippen LogP contribution in [0, 0.1) is 12.3 Å². The van der Waals surface area contributed by atoms with Gasteiger partial charge in [-0.1, -0.05) is 5.92 Å². The quantitative estimate of drug-likeness (QED) is 0.590. The molecule has 1 aromatic carbocycles. The molecule has 0 fully saturated rings. The topological polar surface area (TPSA) is 44.4 Å². The molecule has 4 heteroatoms. The minimum absolute atomic E-state index is 0.0933. The Morgan fingerprint density at radius 1 is 1.35 bits per heavy atom. The van der Waals surface area contributed by atoms with Gasteiger partial charge in [-0.2, -0.15) is 0 Å². The summed E-state index contributed by atoms with van der Waals surface area (Å²) >= 11 is 0. The van der Waals surface area contributed by atoms with Crippen LogP contribution in [0.1, 0.15) is 20.8 Å². The fourth-order valence-electron chi connectivity index (χ4n) is 2.04. The molecule has 0 aliphatic heterocycles. The van der Waals surface area contributed by atoms with E-state index in [1.165, 1.54) is 0 Å². The molecule has 0 spiro atoms. The van der Waals surface area contributed by atoms with E-state index in [9.17, 15) is 4.79 Å². The maximum atomic E-state index is 11.6. The summed E-state index contributed by atoms with van der Waals surface area (Å²) in [5.41, 5.74) is 1.95. The zero-order chi connectivity index (χ0) is 15.0. The Morgan fingerprint density at radius 3 is 2.50 bits per heavy atom. The van der Waals surface area contributed by atoms with E-state index in [4.69, 9.17) is 6.42 Å². The van der Waals surface area contributed by atoms with Crippen molar-refractivity contribution in [3.8, 4) is 12.3 Å². The smallest absolute Gasteiger partial charge is 0.238 e. The van der Waals surface area contributed by atoms with Crippen molar-refractivity contribution in [3.05, 3.63) is 24.3 Å². The Bertz CT molecular complexity index is 460. The molecule has 1 rings (SSSR count). The van der Waals surface area contributed by atoms with Gasteiger partial charge in [-0.3, -0.25) is 10.1 Å². The molecule has 0 bridgehead atoms. The van der Waals surface area contributed by atoms with Gasteiger partial charge < -0.3 is 10.2 Å². The SMILES string of the molecule is C#CCNCC(=O)Nc1ccc(N(CC)C(C)C)cc1. The second-order valence-corrected chi connectivity index (χ2v) is 4.78. The molecule has 0 atom stereocenters. The third-order valence-corrected chi connectivity index (χ3v) is 2.96. The van der Waals surface area contributed by atoms with Crippen molar-refractivity contribution < 1.29 is 4.79 Å². The van der Waals surface area contributed by atoms with Crippen LogP contribution in [-0.4, -0.2) is 31.6 Å². The first-order chi connectivity index (χ1) is 9.58. The summed E-state index contributed by atoms with van der Waals surface area (Å²) in [5, 5.41) is 5.68. The van der Waals surface area contributed by atoms with Crippen molar-refractivity contribution in [1.82, 2.24) is 5.32 Å². The lowest BCUT2D eigenvalue weighted by Crippen LogP contribution is -2.30. The molecule has 0 aliphatic carbocycles. The Morgan fingerprint density at radius 2 is 2.00 bits per heavy atom. The summed E-state index contributed by atoms with van der Waals surface area (Å²) in [7, 11) is 0. The van der Waals surface area contributed by atoms with Crippen LogP contribution in [0.2, 0.25) is 0 Å². The monoisotopic (exact) mass is 273 g/mol. The lowest BCUT2D eigenvalue weighted by Gasteiger charge is -2.27. The van der Waals surface area contributed by atoms with Crippen molar-refractivity contribution in [1.29, 1.82) is 0 Å². The van der Waals surface area contributed by atoms with E-state index in [2.05, 4.69) is 42.2 Å². The standard InChI is InChI=1S/C16H23N3O/c1-5-11-17-12-16(20)18-14-7-9-15(10-8-14)19(6-2)13(3)4/h1,7-10,13,17H,6,11-12H2,2-4H3,(H,18,20). The number of carbonyl (C=O) groups excluding carboxylic acids is 1. The number of rotatable bonds is 7. The van der Waals surface area contributed by atoms with Gasteiger partial charge in [0.05, 0.1) is 13.1 Å². The van der Waals surface area contributed by atoms with Crippen molar-refractivity contribution in [2.75, 3.05) is 29.9 Å². The van der Waals surface area contributed by atoms with Gasteiger partial charge in [0.15, 0.2) is 0 Å². The number of nitrogens with one attached hydrogen (secondary N) is 2. The van der Waals surface area contributed by atoms with Gasteiger partial charge in [0.2, 0.25) is 5.91 Å². The minimum Gasteiger partial charge on any atom is -0.369 e. The summed E-state index contributed by atoms with van der Waals surface area (Å²) < 4.78 is 0. The maximum Gasteiger partial charge on any atom is 0.238 e. The van der Waals surface area contributed by atoms with Gasteiger partial charge in [-0.15, -0.1) is 6.42 Å². The summed E-state index contributed by atoms with van der Waals surface area (Å²) in [4.78, 5) is 13.9. The molecule has 108 valence electrons. The van der Waals surface area contributed by atoms with Crippen LogP contribution in [0.25, 0.3) is 0 Å². The summed E-state index contributed by atoms with van der Waals surface area (Å²) in [6.45, 7) is 8.03. The predicted molar refractivity (Wildman–Crippen MR) is 84.9 cm³/mol. The third-order valence-electron chi connectivity index (χ3n) is 2.96. The molecular formula is C16H23N3O. The molecule has 0 radical (unpaired) electrons. The second kappa shape index (κ2) is 8.23. The Kier molecular flexibility index (Phi) is 6.61. The fraction of sp³-hybridized carbons (Fsp3) is 0.438. The van der Waals surface area contributed by atoms with Crippen molar-refractivity contribution >= 4 is 17.3 Å². The number of nitrogens with zero attached hydrogens (tertiary/aromatic N) is 1. The number of anilines is 2. The number of benzene rings is 1. The molecule has 4 nitrogen and oxygen atoms in total. The highest BCUT2D eigenvalue weighted by molar-refractivity contribution is 5.92. The van der Waals surface area contributed by atoms with Crippen LogP contribution in [0.4, 0.5) is 11.4 Å². The lowest BCUT2D eigenvalue weighted by atomic mass is 10.2. The first-order valence-corrected chi connectivity index (χ1v) is 6.89. The molecular weight excluding hydrogens is 250 g/mol.